The van der Waals surface area contributed by atoms with Crippen molar-refractivity contribution in [3.8, 4) is 0 Å². The van der Waals surface area contributed by atoms with Crippen LogP contribution in [0.1, 0.15) is 33.1 Å². The maximum absolute atomic E-state index is 12.0. The Morgan fingerprint density at radius 2 is 1.85 bits per heavy atom. The Kier molecular flexibility index (Phi) is 7.30. The third-order valence-electron chi connectivity index (χ3n) is 2.76. The number of anilines is 1. The largest absolute Gasteiger partial charge is 0.342 e. The fourth-order valence-corrected chi connectivity index (χ4v) is 2.32. The third kappa shape index (κ3) is 5.74. The van der Waals surface area contributed by atoms with Crippen LogP contribution in [0.4, 0.5) is 5.69 Å². The number of rotatable bonds is 7. The molecule has 0 unspecified atom stereocenters. The molecule has 0 aliphatic rings. The summed E-state index contributed by atoms with van der Waals surface area (Å²) in [5.74, 6) is -0.383. The van der Waals surface area contributed by atoms with Crippen LogP contribution in [0.5, 0.6) is 0 Å². The average molecular weight is 341 g/mol. The van der Waals surface area contributed by atoms with E-state index in [0.717, 1.165) is 17.3 Å². The van der Waals surface area contributed by atoms with Crippen molar-refractivity contribution in [2.24, 2.45) is 0 Å². The van der Waals surface area contributed by atoms with Crippen LogP contribution < -0.4 is 5.32 Å². The Balaban J connectivity index is 2.54. The summed E-state index contributed by atoms with van der Waals surface area (Å²) < 4.78 is 0.889. The zero-order valence-corrected chi connectivity index (χ0v) is 13.6. The molecule has 0 aliphatic carbocycles. The maximum Gasteiger partial charge on any atom is 0.233 e. The van der Waals surface area contributed by atoms with Crippen molar-refractivity contribution in [3.63, 3.8) is 0 Å². The lowest BCUT2D eigenvalue weighted by Crippen LogP contribution is -2.35. The fraction of sp³-hybridized carbons (Fsp3) is 0.467. The van der Waals surface area contributed by atoms with E-state index in [-0.39, 0.29) is 18.2 Å². The van der Waals surface area contributed by atoms with Crippen LogP contribution in [0.15, 0.2) is 28.7 Å². The number of nitrogens with one attached hydrogen (secondary N) is 1. The van der Waals surface area contributed by atoms with Gasteiger partial charge in [0.15, 0.2) is 0 Å². The Hall–Kier alpha value is -1.36. The SMILES string of the molecule is CCCN(CCC)C(=O)CC(=O)Nc1cccc(Br)c1. The Bertz CT molecular complexity index is 457. The zero-order valence-electron chi connectivity index (χ0n) is 12.0. The normalized spacial score (nSPS) is 10.2. The number of hydrogen-bond acceptors (Lipinski definition) is 2. The number of hydrogen-bond donors (Lipinski definition) is 1. The van der Waals surface area contributed by atoms with Gasteiger partial charge in [0.2, 0.25) is 11.8 Å². The predicted octanol–water partition coefficient (Wildman–Crippen LogP) is 3.43. The van der Waals surface area contributed by atoms with Gasteiger partial charge in [0, 0.05) is 23.2 Å². The summed E-state index contributed by atoms with van der Waals surface area (Å²) in [4.78, 5) is 25.7. The molecule has 1 aromatic carbocycles. The van der Waals surface area contributed by atoms with Gasteiger partial charge in [0.25, 0.3) is 0 Å². The van der Waals surface area contributed by atoms with Gasteiger partial charge in [0.05, 0.1) is 0 Å². The van der Waals surface area contributed by atoms with E-state index in [9.17, 15) is 9.59 Å². The van der Waals surface area contributed by atoms with E-state index in [1.54, 1.807) is 17.0 Å². The minimum atomic E-state index is -0.273. The highest BCUT2D eigenvalue weighted by Crippen LogP contribution is 2.15. The average Bonchev–Trinajstić information content (AvgIpc) is 2.38. The molecule has 5 heteroatoms. The van der Waals surface area contributed by atoms with Gasteiger partial charge in [-0.2, -0.15) is 0 Å². The molecule has 4 nitrogen and oxygen atoms in total. The molecule has 0 saturated heterocycles. The van der Waals surface area contributed by atoms with E-state index in [1.165, 1.54) is 0 Å². The molecule has 0 fully saturated rings. The van der Waals surface area contributed by atoms with Crippen LogP contribution in [0, 0.1) is 0 Å². The molecule has 0 aromatic heterocycles. The van der Waals surface area contributed by atoms with Crippen LogP contribution in [0.3, 0.4) is 0 Å². The number of carbonyl (C=O) groups excluding carboxylic acids is 2. The first-order valence-corrected chi connectivity index (χ1v) is 7.69. The summed E-state index contributed by atoms with van der Waals surface area (Å²) in [5.41, 5.74) is 0.690. The Morgan fingerprint density at radius 3 is 2.40 bits per heavy atom. The first-order valence-electron chi connectivity index (χ1n) is 6.90. The Labute approximate surface area is 128 Å². The molecule has 1 rings (SSSR count). The van der Waals surface area contributed by atoms with E-state index in [0.29, 0.717) is 18.8 Å². The van der Waals surface area contributed by atoms with Gasteiger partial charge in [-0.1, -0.05) is 35.8 Å². The highest BCUT2D eigenvalue weighted by atomic mass is 79.9. The third-order valence-corrected chi connectivity index (χ3v) is 3.25. The monoisotopic (exact) mass is 340 g/mol. The topological polar surface area (TPSA) is 49.4 Å². The van der Waals surface area contributed by atoms with Gasteiger partial charge in [-0.05, 0) is 31.0 Å². The molecule has 0 bridgehead atoms. The summed E-state index contributed by atoms with van der Waals surface area (Å²) in [6.07, 6.45) is 1.70. The van der Waals surface area contributed by atoms with Crippen molar-refractivity contribution in [1.29, 1.82) is 0 Å². The smallest absolute Gasteiger partial charge is 0.233 e. The minimum Gasteiger partial charge on any atom is -0.342 e. The molecule has 110 valence electrons. The predicted molar refractivity (Wildman–Crippen MR) is 84.6 cm³/mol. The van der Waals surface area contributed by atoms with Gasteiger partial charge < -0.3 is 10.2 Å². The standard InChI is InChI=1S/C15H21BrN2O2/c1-3-8-18(9-4-2)15(20)11-14(19)17-13-7-5-6-12(16)10-13/h5-7,10H,3-4,8-9,11H2,1-2H3,(H,17,19). The van der Waals surface area contributed by atoms with Crippen molar-refractivity contribution >= 4 is 33.4 Å². The van der Waals surface area contributed by atoms with Crippen molar-refractivity contribution in [1.82, 2.24) is 4.90 Å². The van der Waals surface area contributed by atoms with Crippen LogP contribution in [0.25, 0.3) is 0 Å². The van der Waals surface area contributed by atoms with Gasteiger partial charge in [-0.15, -0.1) is 0 Å². The quantitative estimate of drug-likeness (QED) is 0.773. The van der Waals surface area contributed by atoms with E-state index < -0.39 is 0 Å². The van der Waals surface area contributed by atoms with Crippen molar-refractivity contribution in [2.75, 3.05) is 18.4 Å². The second kappa shape index (κ2) is 8.74. The summed E-state index contributed by atoms with van der Waals surface area (Å²) in [6.45, 7) is 5.46. The van der Waals surface area contributed by atoms with E-state index >= 15 is 0 Å². The number of halogens is 1. The summed E-state index contributed by atoms with van der Waals surface area (Å²) in [5, 5.41) is 2.74. The second-order valence-electron chi connectivity index (χ2n) is 4.62. The summed E-state index contributed by atoms with van der Waals surface area (Å²) >= 11 is 3.34. The number of nitrogens with zero attached hydrogens (tertiary/aromatic N) is 1. The molecule has 1 N–H and O–H groups in total. The molecule has 1 aromatic rings. The van der Waals surface area contributed by atoms with Gasteiger partial charge in [-0.25, -0.2) is 0 Å². The van der Waals surface area contributed by atoms with Gasteiger partial charge in [-0.3, -0.25) is 9.59 Å². The van der Waals surface area contributed by atoms with Crippen molar-refractivity contribution in [2.45, 2.75) is 33.1 Å². The van der Waals surface area contributed by atoms with Crippen LogP contribution in [0.2, 0.25) is 0 Å². The highest BCUT2D eigenvalue weighted by molar-refractivity contribution is 9.10. The number of benzene rings is 1. The minimum absolute atomic E-state index is 0.105. The lowest BCUT2D eigenvalue weighted by Gasteiger charge is -2.21. The van der Waals surface area contributed by atoms with E-state index in [1.807, 2.05) is 26.0 Å². The first kappa shape index (κ1) is 16.7. The molecule has 0 heterocycles. The summed E-state index contributed by atoms with van der Waals surface area (Å²) in [6, 6.07) is 7.31. The van der Waals surface area contributed by atoms with Crippen molar-refractivity contribution in [3.05, 3.63) is 28.7 Å². The first-order chi connectivity index (χ1) is 9.56. The molecule has 0 aliphatic heterocycles. The van der Waals surface area contributed by atoms with E-state index in [2.05, 4.69) is 21.2 Å². The molecular formula is C15H21BrN2O2. The van der Waals surface area contributed by atoms with Gasteiger partial charge in [0.1, 0.15) is 6.42 Å². The molecular weight excluding hydrogens is 320 g/mol. The van der Waals surface area contributed by atoms with Gasteiger partial charge >= 0.3 is 0 Å². The molecule has 0 saturated carbocycles. The van der Waals surface area contributed by atoms with E-state index in [4.69, 9.17) is 0 Å². The van der Waals surface area contributed by atoms with Crippen LogP contribution >= 0.6 is 15.9 Å². The lowest BCUT2D eigenvalue weighted by atomic mass is 10.2. The molecule has 0 radical (unpaired) electrons. The second-order valence-corrected chi connectivity index (χ2v) is 5.53. The molecule has 0 atom stereocenters. The molecule has 20 heavy (non-hydrogen) atoms. The van der Waals surface area contributed by atoms with Crippen LogP contribution in [-0.2, 0) is 9.59 Å². The Morgan fingerprint density at radius 1 is 1.20 bits per heavy atom. The maximum atomic E-state index is 12.0. The molecule has 0 spiro atoms. The molecule has 2 amide bonds. The van der Waals surface area contributed by atoms with Crippen molar-refractivity contribution < 1.29 is 9.59 Å². The highest BCUT2D eigenvalue weighted by Gasteiger charge is 2.16. The zero-order chi connectivity index (χ0) is 15.0. The number of amides is 2. The fourth-order valence-electron chi connectivity index (χ4n) is 1.92. The van der Waals surface area contributed by atoms with Crippen LogP contribution in [-0.4, -0.2) is 29.8 Å². The summed E-state index contributed by atoms with van der Waals surface area (Å²) in [7, 11) is 0. The number of carbonyl (C=O) groups is 2. The lowest BCUT2D eigenvalue weighted by molar-refractivity contribution is -0.134.